The average Bonchev–Trinajstić information content (AvgIpc) is 2.60. The predicted octanol–water partition coefficient (Wildman–Crippen LogP) is 3.85. The molecule has 1 nitrogen and oxygen atoms in total. The van der Waals surface area contributed by atoms with Crippen LogP contribution in [-0.2, 0) is 5.41 Å². The van der Waals surface area contributed by atoms with Crippen LogP contribution in [0.4, 0.5) is 0 Å². The summed E-state index contributed by atoms with van der Waals surface area (Å²) in [4.78, 5) is 1.26. The Bertz CT molecular complexity index is 510. The molecular formula is C13H11NS. The smallest absolute Gasteiger partial charge is 0.0915 e. The van der Waals surface area contributed by atoms with E-state index in [2.05, 4.69) is 36.4 Å². The van der Waals surface area contributed by atoms with Crippen LogP contribution in [0, 0.1) is 11.3 Å². The highest BCUT2D eigenvalue weighted by Crippen LogP contribution is 2.47. The van der Waals surface area contributed by atoms with Crippen LogP contribution in [-0.4, -0.2) is 0 Å². The van der Waals surface area contributed by atoms with Crippen molar-refractivity contribution in [3.63, 3.8) is 0 Å². The van der Waals surface area contributed by atoms with Crippen LogP contribution >= 0.6 is 11.3 Å². The van der Waals surface area contributed by atoms with Gasteiger partial charge in [0.05, 0.1) is 11.5 Å². The van der Waals surface area contributed by atoms with Gasteiger partial charge in [0.2, 0.25) is 0 Å². The number of rotatable bonds is 1. The minimum Gasteiger partial charge on any atom is -0.197 e. The molecule has 2 aromatic rings. The number of fused-ring (bicyclic) bond motifs is 1. The number of nitriles is 1. The van der Waals surface area contributed by atoms with Gasteiger partial charge in [-0.2, -0.15) is 5.26 Å². The van der Waals surface area contributed by atoms with E-state index >= 15 is 0 Å². The van der Waals surface area contributed by atoms with Crippen LogP contribution in [0.3, 0.4) is 0 Å². The van der Waals surface area contributed by atoms with Crippen molar-refractivity contribution in [2.45, 2.75) is 24.7 Å². The zero-order valence-electron chi connectivity index (χ0n) is 8.36. The summed E-state index contributed by atoms with van der Waals surface area (Å²) in [6, 6.07) is 13.1. The number of thiophene rings is 1. The van der Waals surface area contributed by atoms with Gasteiger partial charge in [0.15, 0.2) is 0 Å². The van der Waals surface area contributed by atoms with E-state index in [9.17, 15) is 5.26 Å². The summed E-state index contributed by atoms with van der Waals surface area (Å²) in [5, 5.41) is 10.5. The summed E-state index contributed by atoms with van der Waals surface area (Å²) in [5.41, 5.74) is -0.149. The standard InChI is InChI=1S/C13H11NS/c14-9-13(6-3-7-13)12-8-10-4-1-2-5-11(10)15-12/h1-2,4-5,8H,3,6-7H2. The Hall–Kier alpha value is -1.33. The van der Waals surface area contributed by atoms with Crippen LogP contribution in [0.1, 0.15) is 24.1 Å². The van der Waals surface area contributed by atoms with E-state index in [1.54, 1.807) is 11.3 Å². The molecule has 1 aliphatic rings. The van der Waals surface area contributed by atoms with Crippen molar-refractivity contribution in [3.05, 3.63) is 35.2 Å². The Kier molecular flexibility index (Phi) is 1.83. The molecule has 0 atom stereocenters. The molecule has 1 heterocycles. The zero-order valence-corrected chi connectivity index (χ0v) is 9.18. The summed E-state index contributed by atoms with van der Waals surface area (Å²) < 4.78 is 1.30. The molecule has 1 aromatic heterocycles. The maximum Gasteiger partial charge on any atom is 0.0915 e. The molecule has 0 amide bonds. The molecule has 3 rings (SSSR count). The lowest BCUT2D eigenvalue weighted by molar-refractivity contribution is 0.330. The monoisotopic (exact) mass is 213 g/mol. The highest BCUT2D eigenvalue weighted by atomic mass is 32.1. The Labute approximate surface area is 93.0 Å². The SMILES string of the molecule is N#CC1(c2cc3ccccc3s2)CCC1. The Balaban J connectivity index is 2.16. The molecule has 0 bridgehead atoms. The van der Waals surface area contributed by atoms with Crippen molar-refractivity contribution in [1.29, 1.82) is 5.26 Å². The minimum atomic E-state index is -0.149. The van der Waals surface area contributed by atoms with Gasteiger partial charge >= 0.3 is 0 Å². The second-order valence-electron chi connectivity index (χ2n) is 4.20. The third-order valence-electron chi connectivity index (χ3n) is 3.32. The quantitative estimate of drug-likeness (QED) is 0.706. The van der Waals surface area contributed by atoms with Gasteiger partial charge < -0.3 is 0 Å². The second kappa shape index (κ2) is 3.08. The van der Waals surface area contributed by atoms with Crippen molar-refractivity contribution in [2.75, 3.05) is 0 Å². The molecule has 2 heteroatoms. The third-order valence-corrected chi connectivity index (χ3v) is 4.64. The summed E-state index contributed by atoms with van der Waals surface area (Å²) >= 11 is 1.78. The van der Waals surface area contributed by atoms with Crippen LogP contribution < -0.4 is 0 Å². The summed E-state index contributed by atoms with van der Waals surface area (Å²) in [7, 11) is 0. The second-order valence-corrected chi connectivity index (χ2v) is 5.28. The van der Waals surface area contributed by atoms with Gasteiger partial charge in [0.25, 0.3) is 0 Å². The highest BCUT2D eigenvalue weighted by Gasteiger charge is 2.40. The Morgan fingerprint density at radius 2 is 2.07 bits per heavy atom. The van der Waals surface area contributed by atoms with Crippen LogP contribution in [0.5, 0.6) is 0 Å². The molecule has 0 N–H and O–H groups in total. The fourth-order valence-electron chi connectivity index (χ4n) is 2.16. The zero-order chi connectivity index (χ0) is 10.3. The van der Waals surface area contributed by atoms with E-state index in [1.165, 1.54) is 21.4 Å². The molecule has 15 heavy (non-hydrogen) atoms. The first-order chi connectivity index (χ1) is 7.34. The molecule has 1 fully saturated rings. The van der Waals surface area contributed by atoms with Gasteiger partial charge in [0.1, 0.15) is 0 Å². The van der Waals surface area contributed by atoms with Crippen LogP contribution in [0.25, 0.3) is 10.1 Å². The Morgan fingerprint density at radius 3 is 2.67 bits per heavy atom. The van der Waals surface area contributed by atoms with Gasteiger partial charge in [-0.05, 0) is 36.8 Å². The Morgan fingerprint density at radius 1 is 1.27 bits per heavy atom. The molecule has 1 aromatic carbocycles. The van der Waals surface area contributed by atoms with Crippen molar-refractivity contribution in [3.8, 4) is 6.07 Å². The largest absolute Gasteiger partial charge is 0.197 e. The normalized spacial score (nSPS) is 18.3. The molecule has 0 aliphatic heterocycles. The number of hydrogen-bond donors (Lipinski definition) is 0. The van der Waals surface area contributed by atoms with Crippen molar-refractivity contribution in [1.82, 2.24) is 0 Å². The van der Waals surface area contributed by atoms with Gasteiger partial charge in [-0.1, -0.05) is 18.2 Å². The average molecular weight is 213 g/mol. The van der Waals surface area contributed by atoms with E-state index in [1.807, 2.05) is 0 Å². The number of nitrogens with zero attached hydrogens (tertiary/aromatic N) is 1. The summed E-state index contributed by atoms with van der Waals surface area (Å²) in [6.45, 7) is 0. The fourth-order valence-corrected chi connectivity index (χ4v) is 3.42. The van der Waals surface area contributed by atoms with Crippen molar-refractivity contribution >= 4 is 21.4 Å². The van der Waals surface area contributed by atoms with Crippen LogP contribution in [0.2, 0.25) is 0 Å². The first-order valence-electron chi connectivity index (χ1n) is 5.24. The van der Waals surface area contributed by atoms with E-state index in [0.717, 1.165) is 12.8 Å². The predicted molar refractivity (Wildman–Crippen MR) is 63.0 cm³/mol. The maximum absolute atomic E-state index is 9.27. The molecule has 0 unspecified atom stereocenters. The summed E-state index contributed by atoms with van der Waals surface area (Å²) in [5.74, 6) is 0. The topological polar surface area (TPSA) is 23.8 Å². The molecule has 74 valence electrons. The van der Waals surface area contributed by atoms with E-state index in [4.69, 9.17) is 0 Å². The molecule has 0 spiro atoms. The number of benzene rings is 1. The molecule has 1 saturated carbocycles. The third kappa shape index (κ3) is 1.20. The summed E-state index contributed by atoms with van der Waals surface area (Å²) in [6.07, 6.45) is 3.27. The van der Waals surface area contributed by atoms with Gasteiger partial charge in [0, 0.05) is 9.58 Å². The lowest BCUT2D eigenvalue weighted by Crippen LogP contribution is -2.31. The highest BCUT2D eigenvalue weighted by molar-refractivity contribution is 7.19. The lowest BCUT2D eigenvalue weighted by Gasteiger charge is -2.33. The molecule has 0 radical (unpaired) electrons. The maximum atomic E-state index is 9.27. The molecule has 0 saturated heterocycles. The fraction of sp³-hybridized carbons (Fsp3) is 0.308. The first kappa shape index (κ1) is 8.94. The van der Waals surface area contributed by atoms with Gasteiger partial charge in [-0.25, -0.2) is 0 Å². The first-order valence-corrected chi connectivity index (χ1v) is 6.06. The molecular weight excluding hydrogens is 202 g/mol. The molecule has 1 aliphatic carbocycles. The van der Waals surface area contributed by atoms with Gasteiger partial charge in [-0.15, -0.1) is 11.3 Å². The van der Waals surface area contributed by atoms with E-state index < -0.39 is 0 Å². The van der Waals surface area contributed by atoms with E-state index in [0.29, 0.717) is 0 Å². The minimum absolute atomic E-state index is 0.149. The van der Waals surface area contributed by atoms with Crippen molar-refractivity contribution in [2.24, 2.45) is 0 Å². The van der Waals surface area contributed by atoms with Gasteiger partial charge in [-0.3, -0.25) is 0 Å². The van der Waals surface area contributed by atoms with Crippen LogP contribution in [0.15, 0.2) is 30.3 Å². The number of hydrogen-bond acceptors (Lipinski definition) is 2. The lowest BCUT2D eigenvalue weighted by atomic mass is 9.69. The van der Waals surface area contributed by atoms with E-state index in [-0.39, 0.29) is 5.41 Å². The van der Waals surface area contributed by atoms with Crippen molar-refractivity contribution < 1.29 is 0 Å².